The zero-order valence-corrected chi connectivity index (χ0v) is 17.4. The van der Waals surface area contributed by atoms with Crippen LogP contribution in [-0.2, 0) is 9.53 Å². The van der Waals surface area contributed by atoms with Crippen LogP contribution >= 0.6 is 46.4 Å². The Labute approximate surface area is 180 Å². The summed E-state index contributed by atoms with van der Waals surface area (Å²) in [6, 6.07) is 4.56. The summed E-state index contributed by atoms with van der Waals surface area (Å²) < 4.78 is 4.95. The highest BCUT2D eigenvalue weighted by atomic mass is 35.5. The molecule has 1 N–H and O–H groups in total. The third kappa shape index (κ3) is 4.78. The van der Waals surface area contributed by atoms with E-state index in [0.717, 1.165) is 25.9 Å². The summed E-state index contributed by atoms with van der Waals surface area (Å²) in [6.45, 7) is 1.25. The minimum atomic E-state index is -0.781. The second-order valence-corrected chi connectivity index (χ2v) is 7.51. The van der Waals surface area contributed by atoms with E-state index in [1.54, 1.807) is 6.07 Å². The molecule has 0 saturated carbocycles. The average Bonchev–Trinajstić information content (AvgIpc) is 3.23. The van der Waals surface area contributed by atoms with E-state index < -0.39 is 18.5 Å². The monoisotopic (exact) mass is 462 g/mol. The molecule has 1 aromatic carbocycles. The largest absolute Gasteiger partial charge is 0.451 e. The SMILES string of the molecule is O=C(COC(=O)c1ccc(N2CCCC2)nn1)Nc1c(Cl)c(Cl)cc(Cl)c1Cl. The van der Waals surface area contributed by atoms with Crippen LogP contribution in [0.5, 0.6) is 0 Å². The zero-order chi connectivity index (χ0) is 20.3. The Morgan fingerprint density at radius 3 is 2.25 bits per heavy atom. The maximum Gasteiger partial charge on any atom is 0.359 e. The number of halogens is 4. The van der Waals surface area contributed by atoms with E-state index in [1.165, 1.54) is 12.1 Å². The van der Waals surface area contributed by atoms with Gasteiger partial charge in [0, 0.05) is 13.1 Å². The van der Waals surface area contributed by atoms with Crippen molar-refractivity contribution >= 4 is 69.8 Å². The first-order chi connectivity index (χ1) is 13.4. The molecular formula is C17H14Cl4N4O3. The summed E-state index contributed by atoms with van der Waals surface area (Å²) in [7, 11) is 0. The van der Waals surface area contributed by atoms with Crippen LogP contribution in [0.4, 0.5) is 11.5 Å². The minimum absolute atomic E-state index is 0.00221. The number of anilines is 2. The molecule has 0 spiro atoms. The number of nitrogens with one attached hydrogen (secondary N) is 1. The van der Waals surface area contributed by atoms with Gasteiger partial charge in [0.25, 0.3) is 5.91 Å². The molecule has 28 heavy (non-hydrogen) atoms. The number of rotatable bonds is 5. The van der Waals surface area contributed by atoms with Crippen LogP contribution in [-0.4, -0.2) is 41.8 Å². The van der Waals surface area contributed by atoms with Gasteiger partial charge in [-0.15, -0.1) is 10.2 Å². The molecule has 2 heterocycles. The molecule has 7 nitrogen and oxygen atoms in total. The molecule has 3 rings (SSSR count). The van der Waals surface area contributed by atoms with Crippen molar-refractivity contribution in [2.45, 2.75) is 12.8 Å². The second-order valence-electron chi connectivity index (χ2n) is 5.94. The number of hydrogen-bond donors (Lipinski definition) is 1. The maximum atomic E-state index is 12.1. The Kier molecular flexibility index (Phi) is 6.82. The van der Waals surface area contributed by atoms with Crippen molar-refractivity contribution in [1.82, 2.24) is 10.2 Å². The molecule has 11 heteroatoms. The molecule has 1 saturated heterocycles. The number of nitrogens with zero attached hydrogens (tertiary/aromatic N) is 3. The highest BCUT2D eigenvalue weighted by Crippen LogP contribution is 2.40. The Balaban J connectivity index is 1.58. The highest BCUT2D eigenvalue weighted by molar-refractivity contribution is 6.50. The number of amides is 1. The van der Waals surface area contributed by atoms with E-state index >= 15 is 0 Å². The van der Waals surface area contributed by atoms with Crippen LogP contribution in [0.3, 0.4) is 0 Å². The number of aromatic nitrogens is 2. The summed E-state index contributed by atoms with van der Waals surface area (Å²) in [5, 5.41) is 10.6. The van der Waals surface area contributed by atoms with Gasteiger partial charge in [0.2, 0.25) is 0 Å². The number of ether oxygens (including phenoxy) is 1. The number of esters is 1. The van der Waals surface area contributed by atoms with Crippen LogP contribution in [0.25, 0.3) is 0 Å². The van der Waals surface area contributed by atoms with E-state index in [1.807, 2.05) is 0 Å². The quantitative estimate of drug-likeness (QED) is 0.519. The van der Waals surface area contributed by atoms with Crippen LogP contribution in [0, 0.1) is 0 Å². The molecule has 0 bridgehead atoms. The van der Waals surface area contributed by atoms with Gasteiger partial charge in [-0.25, -0.2) is 4.79 Å². The summed E-state index contributed by atoms with van der Waals surface area (Å²) in [6.07, 6.45) is 2.21. The van der Waals surface area contributed by atoms with E-state index in [2.05, 4.69) is 20.4 Å². The first kappa shape index (κ1) is 20.9. The smallest absolute Gasteiger partial charge is 0.359 e. The summed E-state index contributed by atoms with van der Waals surface area (Å²) in [5.74, 6) is -0.747. The minimum Gasteiger partial charge on any atom is -0.451 e. The molecule has 0 radical (unpaired) electrons. The van der Waals surface area contributed by atoms with Crippen LogP contribution < -0.4 is 10.2 Å². The van der Waals surface area contributed by atoms with Gasteiger partial charge in [-0.05, 0) is 31.0 Å². The van der Waals surface area contributed by atoms with Gasteiger partial charge in [-0.1, -0.05) is 46.4 Å². The number of carbonyl (C=O) groups excluding carboxylic acids is 2. The number of hydrogen-bond acceptors (Lipinski definition) is 6. The molecule has 1 aliphatic rings. The Morgan fingerprint density at radius 2 is 1.68 bits per heavy atom. The lowest BCUT2D eigenvalue weighted by molar-refractivity contribution is -0.119. The normalized spacial score (nSPS) is 13.5. The fourth-order valence-corrected chi connectivity index (χ4v) is 3.52. The van der Waals surface area contributed by atoms with E-state index in [0.29, 0.717) is 5.82 Å². The van der Waals surface area contributed by atoms with Crippen molar-refractivity contribution in [3.63, 3.8) is 0 Å². The summed E-state index contributed by atoms with van der Waals surface area (Å²) in [5.41, 5.74) is 0.0363. The van der Waals surface area contributed by atoms with Crippen molar-refractivity contribution in [2.24, 2.45) is 0 Å². The van der Waals surface area contributed by atoms with E-state index in [4.69, 9.17) is 51.1 Å². The molecule has 0 aliphatic carbocycles. The standard InChI is InChI=1S/C17H14Cl4N4O3/c18-9-7-10(19)15(21)16(14(9)20)22-13(26)8-28-17(27)11-3-4-12(24-23-11)25-5-1-2-6-25/h3-4,7H,1-2,5-6,8H2,(H,22,26). The first-order valence-electron chi connectivity index (χ1n) is 8.25. The number of benzene rings is 1. The molecule has 1 fully saturated rings. The van der Waals surface area contributed by atoms with Gasteiger partial charge in [-0.2, -0.15) is 0 Å². The van der Waals surface area contributed by atoms with Crippen molar-refractivity contribution in [2.75, 3.05) is 29.9 Å². The molecule has 1 aliphatic heterocycles. The lowest BCUT2D eigenvalue weighted by Crippen LogP contribution is -2.23. The molecular weight excluding hydrogens is 450 g/mol. The number of carbonyl (C=O) groups is 2. The predicted molar refractivity (Wildman–Crippen MR) is 109 cm³/mol. The van der Waals surface area contributed by atoms with Gasteiger partial charge >= 0.3 is 5.97 Å². The molecule has 2 aromatic rings. The van der Waals surface area contributed by atoms with Gasteiger partial charge in [0.1, 0.15) is 0 Å². The summed E-state index contributed by atoms with van der Waals surface area (Å²) in [4.78, 5) is 26.2. The zero-order valence-electron chi connectivity index (χ0n) is 14.3. The first-order valence-corrected chi connectivity index (χ1v) is 9.76. The van der Waals surface area contributed by atoms with Crippen molar-refractivity contribution < 1.29 is 14.3 Å². The third-order valence-electron chi connectivity index (χ3n) is 4.00. The van der Waals surface area contributed by atoms with E-state index in [9.17, 15) is 9.59 Å². The van der Waals surface area contributed by atoms with Gasteiger partial charge in [0.05, 0.1) is 25.8 Å². The molecule has 0 unspecified atom stereocenters. The van der Waals surface area contributed by atoms with Crippen LogP contribution in [0.1, 0.15) is 23.3 Å². The van der Waals surface area contributed by atoms with Crippen molar-refractivity contribution in [3.8, 4) is 0 Å². The maximum absolute atomic E-state index is 12.1. The molecule has 148 valence electrons. The average molecular weight is 464 g/mol. The van der Waals surface area contributed by atoms with Crippen LogP contribution in [0.2, 0.25) is 20.1 Å². The van der Waals surface area contributed by atoms with Crippen molar-refractivity contribution in [1.29, 1.82) is 0 Å². The van der Waals surface area contributed by atoms with Gasteiger partial charge < -0.3 is 15.0 Å². The summed E-state index contributed by atoms with van der Waals surface area (Å²) >= 11 is 23.9. The lowest BCUT2D eigenvalue weighted by atomic mass is 10.3. The van der Waals surface area contributed by atoms with Gasteiger partial charge in [-0.3, -0.25) is 4.79 Å². The third-order valence-corrected chi connectivity index (χ3v) is 5.58. The fourth-order valence-electron chi connectivity index (χ4n) is 2.61. The Morgan fingerprint density at radius 1 is 1.04 bits per heavy atom. The van der Waals surface area contributed by atoms with E-state index in [-0.39, 0.29) is 31.5 Å². The molecule has 1 amide bonds. The molecule has 0 atom stereocenters. The van der Waals surface area contributed by atoms with Crippen molar-refractivity contribution in [3.05, 3.63) is 44.0 Å². The lowest BCUT2D eigenvalue weighted by Gasteiger charge is -2.15. The second kappa shape index (κ2) is 9.13. The fraction of sp³-hybridized carbons (Fsp3) is 0.294. The Bertz CT molecular complexity index is 876. The van der Waals surface area contributed by atoms with Crippen LogP contribution in [0.15, 0.2) is 18.2 Å². The Hall–Kier alpha value is -1.80. The topological polar surface area (TPSA) is 84.4 Å². The predicted octanol–water partition coefficient (Wildman–Crippen LogP) is 4.49. The highest BCUT2D eigenvalue weighted by Gasteiger charge is 2.19. The molecule has 1 aromatic heterocycles. The van der Waals surface area contributed by atoms with Gasteiger partial charge in [0.15, 0.2) is 18.1 Å².